The number of ether oxygens (including phenoxy) is 1. The van der Waals surface area contributed by atoms with Gasteiger partial charge in [0.05, 0.1) is 13.5 Å². The third-order valence-electron chi connectivity index (χ3n) is 4.25. The summed E-state index contributed by atoms with van der Waals surface area (Å²) in [6.07, 6.45) is 3.28. The van der Waals surface area contributed by atoms with Crippen LogP contribution in [0.3, 0.4) is 0 Å². The Morgan fingerprint density at radius 1 is 1.33 bits per heavy atom. The molecule has 0 spiro atoms. The van der Waals surface area contributed by atoms with Gasteiger partial charge >= 0.3 is 0 Å². The number of hydrogen-bond donors (Lipinski definition) is 1. The molecule has 27 heavy (non-hydrogen) atoms. The molecule has 1 N–H and O–H groups in total. The van der Waals surface area contributed by atoms with E-state index in [4.69, 9.17) is 16.3 Å². The number of benzene rings is 2. The van der Waals surface area contributed by atoms with Crippen LogP contribution in [0.1, 0.15) is 23.0 Å². The second-order valence-electron chi connectivity index (χ2n) is 6.05. The van der Waals surface area contributed by atoms with E-state index < -0.39 is 11.9 Å². The lowest BCUT2D eigenvalue weighted by molar-refractivity contribution is -0.121. The predicted octanol–water partition coefficient (Wildman–Crippen LogP) is 3.67. The second-order valence-corrected chi connectivity index (χ2v) is 6.46. The molecule has 0 aliphatic rings. The fourth-order valence-electron chi connectivity index (χ4n) is 2.85. The van der Waals surface area contributed by atoms with Gasteiger partial charge in [-0.25, -0.2) is 9.37 Å². The van der Waals surface area contributed by atoms with Crippen molar-refractivity contribution in [2.24, 2.45) is 7.05 Å². The lowest BCUT2D eigenvalue weighted by atomic mass is 10.0. The summed E-state index contributed by atoms with van der Waals surface area (Å²) in [7, 11) is 3.42. The van der Waals surface area contributed by atoms with Gasteiger partial charge < -0.3 is 14.6 Å². The average molecular weight is 388 g/mol. The fraction of sp³-hybridized carbons (Fsp3) is 0.200. The third-order valence-corrected chi connectivity index (χ3v) is 4.60. The maximum atomic E-state index is 14.0. The Bertz CT molecular complexity index is 938. The van der Waals surface area contributed by atoms with E-state index in [0.29, 0.717) is 11.6 Å². The van der Waals surface area contributed by atoms with Crippen LogP contribution in [-0.2, 0) is 18.3 Å². The van der Waals surface area contributed by atoms with Gasteiger partial charge in [0.15, 0.2) is 0 Å². The number of aryl methyl sites for hydroxylation is 1. The molecule has 1 amide bonds. The molecular formula is C20H19ClFN3O2. The number of nitrogens with zero attached hydrogens (tertiary/aromatic N) is 2. The zero-order chi connectivity index (χ0) is 19.4. The minimum absolute atomic E-state index is 0.167. The molecule has 3 rings (SSSR count). The van der Waals surface area contributed by atoms with E-state index in [1.54, 1.807) is 25.6 Å². The van der Waals surface area contributed by atoms with Crippen molar-refractivity contribution < 1.29 is 13.9 Å². The van der Waals surface area contributed by atoms with Crippen molar-refractivity contribution >= 4 is 17.5 Å². The number of halogens is 2. The Morgan fingerprint density at radius 2 is 2.11 bits per heavy atom. The summed E-state index contributed by atoms with van der Waals surface area (Å²) in [5, 5.41) is 3.15. The highest BCUT2D eigenvalue weighted by atomic mass is 35.5. The third kappa shape index (κ3) is 4.28. The number of hydrogen-bond acceptors (Lipinski definition) is 3. The summed E-state index contributed by atoms with van der Waals surface area (Å²) in [5.74, 6) is 0.444. The van der Waals surface area contributed by atoms with Gasteiger partial charge in [0.1, 0.15) is 23.4 Å². The van der Waals surface area contributed by atoms with Crippen LogP contribution in [0.4, 0.5) is 4.39 Å². The van der Waals surface area contributed by atoms with Crippen molar-refractivity contribution in [3.05, 3.63) is 82.6 Å². The molecule has 0 aliphatic heterocycles. The molecule has 0 bridgehead atoms. The minimum Gasteiger partial charge on any atom is -0.497 e. The van der Waals surface area contributed by atoms with Crippen molar-refractivity contribution in [2.75, 3.05) is 7.11 Å². The quantitative estimate of drug-likeness (QED) is 0.702. The Balaban J connectivity index is 1.90. The topological polar surface area (TPSA) is 56.1 Å². The monoisotopic (exact) mass is 387 g/mol. The molecule has 1 unspecified atom stereocenters. The summed E-state index contributed by atoms with van der Waals surface area (Å²) in [6, 6.07) is 11.2. The SMILES string of the molecule is COc1cccc(C(NC(=O)Cc2c(F)cccc2Cl)c2nccn2C)c1. The first-order valence-corrected chi connectivity index (χ1v) is 8.71. The van der Waals surface area contributed by atoms with Crippen LogP contribution in [-0.4, -0.2) is 22.6 Å². The van der Waals surface area contributed by atoms with E-state index in [-0.39, 0.29) is 22.9 Å². The van der Waals surface area contributed by atoms with Crippen LogP contribution < -0.4 is 10.1 Å². The molecule has 0 saturated heterocycles. The largest absolute Gasteiger partial charge is 0.497 e. The number of methoxy groups -OCH3 is 1. The first kappa shape index (κ1) is 18.9. The molecule has 2 aromatic carbocycles. The van der Waals surface area contributed by atoms with Gasteiger partial charge in [-0.05, 0) is 29.8 Å². The summed E-state index contributed by atoms with van der Waals surface area (Å²) in [5.41, 5.74) is 0.970. The highest BCUT2D eigenvalue weighted by molar-refractivity contribution is 6.31. The lowest BCUT2D eigenvalue weighted by Crippen LogP contribution is -2.32. The van der Waals surface area contributed by atoms with Crippen LogP contribution in [0, 0.1) is 5.82 Å². The number of carbonyl (C=O) groups is 1. The van der Waals surface area contributed by atoms with Gasteiger partial charge in [0, 0.05) is 30.0 Å². The average Bonchev–Trinajstić information content (AvgIpc) is 3.08. The number of imidazole rings is 1. The standard InChI is InChI=1S/C20H19ClFN3O2/c1-25-10-9-23-20(25)19(13-5-3-6-14(11-13)27-2)24-18(26)12-15-16(21)7-4-8-17(15)22/h3-11,19H,12H2,1-2H3,(H,24,26). The number of amides is 1. The normalized spacial score (nSPS) is 11.9. The number of rotatable bonds is 6. The molecule has 7 heteroatoms. The Morgan fingerprint density at radius 3 is 2.78 bits per heavy atom. The molecule has 5 nitrogen and oxygen atoms in total. The Hall–Kier alpha value is -2.86. The molecule has 1 aromatic heterocycles. The fourth-order valence-corrected chi connectivity index (χ4v) is 3.08. The molecule has 3 aromatic rings. The predicted molar refractivity (Wildman–Crippen MR) is 101 cm³/mol. The van der Waals surface area contributed by atoms with Gasteiger partial charge in [0.2, 0.25) is 5.91 Å². The molecule has 0 aliphatic carbocycles. The van der Waals surface area contributed by atoms with Crippen molar-refractivity contribution in [3.63, 3.8) is 0 Å². The number of nitrogens with one attached hydrogen (secondary N) is 1. The van der Waals surface area contributed by atoms with Crippen molar-refractivity contribution in [1.82, 2.24) is 14.9 Å². The zero-order valence-electron chi connectivity index (χ0n) is 14.9. The van der Waals surface area contributed by atoms with Crippen molar-refractivity contribution in [2.45, 2.75) is 12.5 Å². The summed E-state index contributed by atoms with van der Waals surface area (Å²) in [4.78, 5) is 17.0. The highest BCUT2D eigenvalue weighted by Crippen LogP contribution is 2.25. The van der Waals surface area contributed by atoms with Gasteiger partial charge in [-0.3, -0.25) is 4.79 Å². The maximum absolute atomic E-state index is 14.0. The summed E-state index contributed by atoms with van der Waals surface area (Å²) in [6.45, 7) is 0. The van der Waals surface area contributed by atoms with Crippen LogP contribution in [0.5, 0.6) is 5.75 Å². The van der Waals surface area contributed by atoms with Crippen molar-refractivity contribution in [3.8, 4) is 5.75 Å². The summed E-state index contributed by atoms with van der Waals surface area (Å²) >= 11 is 6.04. The van der Waals surface area contributed by atoms with Crippen LogP contribution >= 0.6 is 11.6 Å². The first-order valence-electron chi connectivity index (χ1n) is 8.33. The molecule has 0 radical (unpaired) electrons. The lowest BCUT2D eigenvalue weighted by Gasteiger charge is -2.20. The second kappa shape index (κ2) is 8.22. The molecule has 140 valence electrons. The van der Waals surface area contributed by atoms with E-state index in [1.807, 2.05) is 35.9 Å². The van der Waals surface area contributed by atoms with Crippen LogP contribution in [0.15, 0.2) is 54.9 Å². The molecule has 1 atom stereocenters. The van der Waals surface area contributed by atoms with E-state index in [2.05, 4.69) is 10.3 Å². The van der Waals surface area contributed by atoms with Gasteiger partial charge in [-0.15, -0.1) is 0 Å². The minimum atomic E-state index is -0.516. The number of aromatic nitrogens is 2. The van der Waals surface area contributed by atoms with Gasteiger partial charge in [0.25, 0.3) is 0 Å². The Labute approximate surface area is 161 Å². The zero-order valence-corrected chi connectivity index (χ0v) is 15.7. The first-order chi connectivity index (χ1) is 13.0. The Kier molecular flexibility index (Phi) is 5.76. The maximum Gasteiger partial charge on any atom is 0.225 e. The van der Waals surface area contributed by atoms with Gasteiger partial charge in [-0.1, -0.05) is 29.8 Å². The van der Waals surface area contributed by atoms with Crippen LogP contribution in [0.2, 0.25) is 5.02 Å². The summed E-state index contributed by atoms with van der Waals surface area (Å²) < 4.78 is 21.1. The van der Waals surface area contributed by atoms with E-state index in [0.717, 1.165) is 5.56 Å². The van der Waals surface area contributed by atoms with E-state index >= 15 is 0 Å². The highest BCUT2D eigenvalue weighted by Gasteiger charge is 2.22. The van der Waals surface area contributed by atoms with Gasteiger partial charge in [-0.2, -0.15) is 0 Å². The smallest absolute Gasteiger partial charge is 0.225 e. The molecule has 1 heterocycles. The molecule has 0 fully saturated rings. The van der Waals surface area contributed by atoms with Crippen molar-refractivity contribution in [1.29, 1.82) is 0 Å². The molecular weight excluding hydrogens is 369 g/mol. The van der Waals surface area contributed by atoms with E-state index in [9.17, 15) is 9.18 Å². The van der Waals surface area contributed by atoms with E-state index in [1.165, 1.54) is 12.1 Å². The van der Waals surface area contributed by atoms with Crippen LogP contribution in [0.25, 0.3) is 0 Å². The molecule has 0 saturated carbocycles. The number of carbonyl (C=O) groups excluding carboxylic acids is 1.